The zero-order chi connectivity index (χ0) is 5.98. The molecular weight excluding hydrogens is 104 g/mol. The Morgan fingerprint density at radius 2 is 2.38 bits per heavy atom. The van der Waals surface area contributed by atoms with Crippen molar-refractivity contribution in [2.45, 2.75) is 0 Å². The molecule has 8 heavy (non-hydrogen) atoms. The predicted molar refractivity (Wildman–Crippen MR) is 30.1 cm³/mol. The van der Waals surface area contributed by atoms with Crippen LogP contribution in [0.5, 0.6) is 0 Å². The molecule has 3 heteroatoms. The number of hydrogen-bond donors (Lipinski definition) is 2. The van der Waals surface area contributed by atoms with Crippen molar-refractivity contribution in [2.75, 3.05) is 13.1 Å². The van der Waals surface area contributed by atoms with Gasteiger partial charge in [-0.2, -0.15) is 0 Å². The molecule has 1 rings (SSSR count). The molecule has 1 saturated heterocycles. The number of nitrogens with two attached hydrogens (primary N) is 1. The molecule has 44 valence electrons. The maximum atomic E-state index is 10.6. The normalized spacial score (nSPS) is 25.0. The van der Waals surface area contributed by atoms with Crippen LogP contribution in [0.25, 0.3) is 0 Å². The first-order valence-corrected chi connectivity index (χ1v) is 2.49. The first-order chi connectivity index (χ1) is 3.84. The van der Waals surface area contributed by atoms with Crippen molar-refractivity contribution >= 4 is 5.78 Å². The number of rotatable bonds is 0. The standard InChI is InChI=1S/C5H8N2O/c6-1-4-2-7-3-5(4)8/h1,7H,2-3,6H2/b4-1-. The Balaban J connectivity index is 2.69. The molecule has 3 nitrogen and oxygen atoms in total. The van der Waals surface area contributed by atoms with Crippen LogP contribution < -0.4 is 11.1 Å². The summed E-state index contributed by atoms with van der Waals surface area (Å²) in [5, 5.41) is 2.88. The van der Waals surface area contributed by atoms with E-state index in [1.165, 1.54) is 6.20 Å². The highest BCUT2D eigenvalue weighted by atomic mass is 16.1. The van der Waals surface area contributed by atoms with E-state index in [-0.39, 0.29) is 5.78 Å². The Labute approximate surface area is 47.6 Å². The van der Waals surface area contributed by atoms with E-state index in [4.69, 9.17) is 5.73 Å². The van der Waals surface area contributed by atoms with Gasteiger partial charge < -0.3 is 11.1 Å². The average Bonchev–Trinajstić information content (AvgIpc) is 2.14. The van der Waals surface area contributed by atoms with Crippen LogP contribution in [0.2, 0.25) is 0 Å². The zero-order valence-corrected chi connectivity index (χ0v) is 4.48. The van der Waals surface area contributed by atoms with E-state index in [0.717, 1.165) is 0 Å². The summed E-state index contributed by atoms with van der Waals surface area (Å²) in [6.45, 7) is 1.08. The Morgan fingerprint density at radius 3 is 2.62 bits per heavy atom. The molecule has 1 fully saturated rings. The van der Waals surface area contributed by atoms with E-state index in [0.29, 0.717) is 18.7 Å². The molecule has 0 radical (unpaired) electrons. The van der Waals surface area contributed by atoms with Crippen LogP contribution in [0.4, 0.5) is 0 Å². The molecule has 0 bridgehead atoms. The van der Waals surface area contributed by atoms with Gasteiger partial charge in [-0.25, -0.2) is 0 Å². The molecule has 1 aliphatic rings. The zero-order valence-electron chi connectivity index (χ0n) is 4.48. The highest BCUT2D eigenvalue weighted by molar-refractivity contribution is 5.99. The summed E-state index contributed by atoms with van der Waals surface area (Å²) >= 11 is 0. The van der Waals surface area contributed by atoms with Gasteiger partial charge in [0.05, 0.1) is 6.54 Å². The van der Waals surface area contributed by atoms with E-state index in [1.807, 2.05) is 0 Å². The molecule has 3 N–H and O–H groups in total. The van der Waals surface area contributed by atoms with Crippen LogP contribution in [-0.4, -0.2) is 18.9 Å². The van der Waals surface area contributed by atoms with Gasteiger partial charge in [-0.15, -0.1) is 0 Å². The summed E-state index contributed by atoms with van der Waals surface area (Å²) in [6, 6.07) is 0. The summed E-state index contributed by atoms with van der Waals surface area (Å²) in [5.74, 6) is 0.118. The lowest BCUT2D eigenvalue weighted by atomic mass is 10.2. The highest BCUT2D eigenvalue weighted by Crippen LogP contribution is 1.97. The quantitative estimate of drug-likeness (QED) is 0.395. The van der Waals surface area contributed by atoms with Crippen molar-refractivity contribution < 1.29 is 4.79 Å². The fourth-order valence-electron chi connectivity index (χ4n) is 0.675. The monoisotopic (exact) mass is 112 g/mol. The van der Waals surface area contributed by atoms with Crippen molar-refractivity contribution in [2.24, 2.45) is 5.73 Å². The van der Waals surface area contributed by atoms with Crippen LogP contribution >= 0.6 is 0 Å². The molecule has 0 aromatic rings. The van der Waals surface area contributed by atoms with Crippen LogP contribution in [0.15, 0.2) is 11.8 Å². The number of ketones is 1. The van der Waals surface area contributed by atoms with Crippen molar-refractivity contribution in [1.82, 2.24) is 5.32 Å². The van der Waals surface area contributed by atoms with Crippen LogP contribution in [-0.2, 0) is 4.79 Å². The third-order valence-electron chi connectivity index (χ3n) is 1.16. The van der Waals surface area contributed by atoms with Gasteiger partial charge in [-0.1, -0.05) is 0 Å². The second-order valence-corrected chi connectivity index (χ2v) is 1.72. The Bertz CT molecular complexity index is 139. The third kappa shape index (κ3) is 0.721. The van der Waals surface area contributed by atoms with E-state index in [1.54, 1.807) is 0 Å². The van der Waals surface area contributed by atoms with Gasteiger partial charge in [0.25, 0.3) is 0 Å². The lowest BCUT2D eigenvalue weighted by Crippen LogP contribution is -2.07. The van der Waals surface area contributed by atoms with Crippen LogP contribution in [0.1, 0.15) is 0 Å². The van der Waals surface area contributed by atoms with Gasteiger partial charge in [0, 0.05) is 18.3 Å². The minimum atomic E-state index is 0.118. The molecule has 0 aromatic carbocycles. The highest BCUT2D eigenvalue weighted by Gasteiger charge is 2.14. The Kier molecular flexibility index (Phi) is 1.30. The van der Waals surface area contributed by atoms with E-state index in [2.05, 4.69) is 5.32 Å². The van der Waals surface area contributed by atoms with Gasteiger partial charge in [-0.05, 0) is 0 Å². The fourth-order valence-corrected chi connectivity index (χ4v) is 0.675. The number of carbonyl (C=O) groups is 1. The fraction of sp³-hybridized carbons (Fsp3) is 0.400. The molecule has 0 amide bonds. The maximum absolute atomic E-state index is 10.6. The van der Waals surface area contributed by atoms with Gasteiger partial charge >= 0.3 is 0 Å². The van der Waals surface area contributed by atoms with Crippen LogP contribution in [0.3, 0.4) is 0 Å². The van der Waals surface area contributed by atoms with E-state index in [9.17, 15) is 4.79 Å². The topological polar surface area (TPSA) is 55.1 Å². The molecule has 1 aliphatic heterocycles. The van der Waals surface area contributed by atoms with Crippen LogP contribution in [0, 0.1) is 0 Å². The summed E-state index contributed by atoms with van der Waals surface area (Å²) in [5.41, 5.74) is 5.80. The second-order valence-electron chi connectivity index (χ2n) is 1.72. The molecule has 0 aromatic heterocycles. The van der Waals surface area contributed by atoms with Crippen molar-refractivity contribution in [3.63, 3.8) is 0 Å². The predicted octanol–water partition coefficient (Wildman–Crippen LogP) is -0.999. The lowest BCUT2D eigenvalue weighted by Gasteiger charge is -1.84. The van der Waals surface area contributed by atoms with Gasteiger partial charge in [-0.3, -0.25) is 4.79 Å². The van der Waals surface area contributed by atoms with Gasteiger partial charge in [0.2, 0.25) is 0 Å². The summed E-state index contributed by atoms with van der Waals surface area (Å²) in [6.07, 6.45) is 1.36. The summed E-state index contributed by atoms with van der Waals surface area (Å²) < 4.78 is 0. The molecule has 0 spiro atoms. The SMILES string of the molecule is N/C=C1/CNCC1=O. The van der Waals surface area contributed by atoms with E-state index < -0.39 is 0 Å². The molecular formula is C5H8N2O. The number of Topliss-reactive ketones (excluding diaryl/α,β-unsaturated/α-hetero) is 1. The Hall–Kier alpha value is -0.830. The smallest absolute Gasteiger partial charge is 0.175 e. The summed E-state index contributed by atoms with van der Waals surface area (Å²) in [4.78, 5) is 10.6. The molecule has 0 aliphatic carbocycles. The second kappa shape index (κ2) is 1.96. The molecule has 0 unspecified atom stereocenters. The molecule has 0 atom stereocenters. The molecule has 1 heterocycles. The maximum Gasteiger partial charge on any atom is 0.175 e. The lowest BCUT2D eigenvalue weighted by molar-refractivity contribution is -0.113. The van der Waals surface area contributed by atoms with Gasteiger partial charge in [0.15, 0.2) is 5.78 Å². The Morgan fingerprint density at radius 1 is 1.62 bits per heavy atom. The summed E-state index contributed by atoms with van der Waals surface area (Å²) in [7, 11) is 0. The van der Waals surface area contributed by atoms with Crippen molar-refractivity contribution in [3.05, 3.63) is 11.8 Å². The number of nitrogens with one attached hydrogen (secondary N) is 1. The average molecular weight is 112 g/mol. The number of hydrogen-bond acceptors (Lipinski definition) is 3. The van der Waals surface area contributed by atoms with Crippen molar-refractivity contribution in [1.29, 1.82) is 0 Å². The molecule has 0 saturated carbocycles. The number of carbonyl (C=O) groups excluding carboxylic acids is 1. The largest absolute Gasteiger partial charge is 0.404 e. The third-order valence-corrected chi connectivity index (χ3v) is 1.16. The van der Waals surface area contributed by atoms with E-state index >= 15 is 0 Å². The first-order valence-electron chi connectivity index (χ1n) is 2.49. The minimum Gasteiger partial charge on any atom is -0.404 e. The first kappa shape index (κ1) is 5.31. The van der Waals surface area contributed by atoms with Crippen molar-refractivity contribution in [3.8, 4) is 0 Å². The van der Waals surface area contributed by atoms with Gasteiger partial charge in [0.1, 0.15) is 0 Å². The minimum absolute atomic E-state index is 0.118.